The number of nitrogens with zero attached hydrogens (tertiary/aromatic N) is 1. The highest BCUT2D eigenvalue weighted by molar-refractivity contribution is 8.00. The van der Waals surface area contributed by atoms with Crippen LogP contribution in [0.1, 0.15) is 49.1 Å². The standard InChI is InChI=1S/C20H23N3OS2.C2H6/c1-4-17(24)22-20-18(19-21-14-7-5-6-8-15(14)25-19)13-9-10-23(12(2)3)11-16(13)26-20;1-2/h4-8,12,19,21H,1,9-11H2,2-3H3,(H,22,24);1-2H3. The second-order valence-electron chi connectivity index (χ2n) is 6.89. The van der Waals surface area contributed by atoms with Crippen molar-refractivity contribution in [2.45, 2.75) is 57.0 Å². The molecule has 1 amide bonds. The molecule has 2 aliphatic rings. The number of benzene rings is 1. The van der Waals surface area contributed by atoms with Gasteiger partial charge in [-0.2, -0.15) is 0 Å². The van der Waals surface area contributed by atoms with Gasteiger partial charge in [0.05, 0.1) is 0 Å². The van der Waals surface area contributed by atoms with E-state index in [0.717, 1.165) is 24.5 Å². The first-order valence-electron chi connectivity index (χ1n) is 9.91. The molecule has 1 atom stereocenters. The molecule has 0 saturated heterocycles. The lowest BCUT2D eigenvalue weighted by Crippen LogP contribution is -2.35. The molecule has 4 rings (SSSR count). The molecule has 0 bridgehead atoms. The van der Waals surface area contributed by atoms with Gasteiger partial charge in [0.15, 0.2) is 0 Å². The number of nitrogens with one attached hydrogen (secondary N) is 2. The molecule has 0 aliphatic carbocycles. The third kappa shape index (κ3) is 4.14. The Kier molecular flexibility index (Phi) is 6.86. The van der Waals surface area contributed by atoms with Crippen LogP contribution in [0, 0.1) is 0 Å². The number of para-hydroxylation sites is 1. The van der Waals surface area contributed by atoms with E-state index < -0.39 is 0 Å². The maximum Gasteiger partial charge on any atom is 0.248 e. The number of thioether (sulfide) groups is 1. The zero-order valence-electron chi connectivity index (χ0n) is 17.0. The van der Waals surface area contributed by atoms with Gasteiger partial charge in [-0.1, -0.05) is 44.3 Å². The van der Waals surface area contributed by atoms with Crippen LogP contribution in [0.4, 0.5) is 10.7 Å². The van der Waals surface area contributed by atoms with Gasteiger partial charge in [-0.05, 0) is 44.0 Å². The van der Waals surface area contributed by atoms with E-state index >= 15 is 0 Å². The van der Waals surface area contributed by atoms with Gasteiger partial charge in [0.25, 0.3) is 0 Å². The third-order valence-electron chi connectivity index (χ3n) is 4.96. The van der Waals surface area contributed by atoms with Gasteiger partial charge in [0, 0.05) is 40.2 Å². The molecule has 0 radical (unpaired) electrons. The highest BCUT2D eigenvalue weighted by Gasteiger charge is 2.33. The predicted octanol–water partition coefficient (Wildman–Crippen LogP) is 5.88. The number of thiophene rings is 1. The number of hydrogen-bond acceptors (Lipinski definition) is 5. The first-order chi connectivity index (χ1) is 13.6. The number of hydrogen-bond donors (Lipinski definition) is 2. The van der Waals surface area contributed by atoms with E-state index in [-0.39, 0.29) is 11.3 Å². The Morgan fingerprint density at radius 1 is 1.36 bits per heavy atom. The molecule has 0 spiro atoms. The van der Waals surface area contributed by atoms with Gasteiger partial charge in [-0.3, -0.25) is 9.69 Å². The fourth-order valence-electron chi connectivity index (χ4n) is 3.54. The van der Waals surface area contributed by atoms with Crippen molar-refractivity contribution in [3.63, 3.8) is 0 Å². The van der Waals surface area contributed by atoms with Gasteiger partial charge in [0.2, 0.25) is 5.91 Å². The SMILES string of the molecule is C=CC(=O)Nc1sc2c(c1C1Nc3ccccc3S1)CCN(C(C)C)C2.CC. The van der Waals surface area contributed by atoms with Gasteiger partial charge in [0.1, 0.15) is 10.4 Å². The summed E-state index contributed by atoms with van der Waals surface area (Å²) >= 11 is 3.55. The molecular weight excluding hydrogens is 386 g/mol. The Morgan fingerprint density at radius 2 is 2.11 bits per heavy atom. The summed E-state index contributed by atoms with van der Waals surface area (Å²) in [5.41, 5.74) is 3.82. The van der Waals surface area contributed by atoms with Crippen LogP contribution in [0.15, 0.2) is 41.8 Å². The van der Waals surface area contributed by atoms with E-state index in [1.165, 1.54) is 32.7 Å². The average Bonchev–Trinajstić information content (AvgIpc) is 3.28. The Morgan fingerprint density at radius 3 is 2.79 bits per heavy atom. The molecule has 0 saturated carbocycles. The van der Waals surface area contributed by atoms with Crippen molar-refractivity contribution in [1.82, 2.24) is 4.90 Å². The number of amides is 1. The molecule has 1 aromatic heterocycles. The summed E-state index contributed by atoms with van der Waals surface area (Å²) in [6.07, 6.45) is 2.37. The zero-order valence-corrected chi connectivity index (χ0v) is 18.7. The van der Waals surface area contributed by atoms with E-state index in [4.69, 9.17) is 0 Å². The van der Waals surface area contributed by atoms with Crippen molar-refractivity contribution in [2.75, 3.05) is 17.2 Å². The molecule has 2 aromatic rings. The molecule has 2 N–H and O–H groups in total. The van der Waals surface area contributed by atoms with E-state index in [1.54, 1.807) is 11.3 Å². The Balaban J connectivity index is 0.00000109. The monoisotopic (exact) mass is 415 g/mol. The van der Waals surface area contributed by atoms with Crippen LogP contribution in [-0.4, -0.2) is 23.4 Å². The Hall–Kier alpha value is -1.76. The Labute approximate surface area is 176 Å². The number of fused-ring (bicyclic) bond motifs is 2. The number of rotatable bonds is 4. The van der Waals surface area contributed by atoms with E-state index in [9.17, 15) is 4.79 Å². The summed E-state index contributed by atoms with van der Waals surface area (Å²) in [6.45, 7) is 14.1. The van der Waals surface area contributed by atoms with Crippen molar-refractivity contribution in [3.05, 3.63) is 52.9 Å². The molecule has 6 heteroatoms. The van der Waals surface area contributed by atoms with Crippen molar-refractivity contribution < 1.29 is 4.79 Å². The molecule has 3 heterocycles. The zero-order chi connectivity index (χ0) is 20.3. The van der Waals surface area contributed by atoms with Crippen molar-refractivity contribution >= 4 is 39.7 Å². The summed E-state index contributed by atoms with van der Waals surface area (Å²) in [5, 5.41) is 7.78. The maximum absolute atomic E-state index is 12.0. The first-order valence-corrected chi connectivity index (χ1v) is 11.6. The minimum atomic E-state index is -0.147. The minimum absolute atomic E-state index is 0.137. The van der Waals surface area contributed by atoms with Crippen LogP contribution in [0.5, 0.6) is 0 Å². The molecule has 1 aromatic carbocycles. The van der Waals surface area contributed by atoms with Crippen LogP contribution < -0.4 is 10.6 Å². The highest BCUT2D eigenvalue weighted by Crippen LogP contribution is 2.52. The number of carbonyl (C=O) groups excluding carboxylic acids is 1. The van der Waals surface area contributed by atoms with Gasteiger partial charge >= 0.3 is 0 Å². The molecule has 150 valence electrons. The highest BCUT2D eigenvalue weighted by atomic mass is 32.2. The van der Waals surface area contributed by atoms with E-state index in [1.807, 2.05) is 25.6 Å². The Bertz CT molecular complexity index is 834. The maximum atomic E-state index is 12.0. The topological polar surface area (TPSA) is 44.4 Å². The van der Waals surface area contributed by atoms with Gasteiger partial charge < -0.3 is 10.6 Å². The quantitative estimate of drug-likeness (QED) is 0.612. The predicted molar refractivity (Wildman–Crippen MR) is 122 cm³/mol. The molecular formula is C22H29N3OS2. The third-order valence-corrected chi connectivity index (χ3v) is 7.31. The van der Waals surface area contributed by atoms with Crippen LogP contribution in [0.3, 0.4) is 0 Å². The van der Waals surface area contributed by atoms with Gasteiger partial charge in [-0.15, -0.1) is 11.3 Å². The number of anilines is 2. The van der Waals surface area contributed by atoms with Crippen molar-refractivity contribution in [2.24, 2.45) is 0 Å². The summed E-state index contributed by atoms with van der Waals surface area (Å²) < 4.78 is 0. The second-order valence-corrected chi connectivity index (χ2v) is 9.14. The second kappa shape index (κ2) is 9.16. The van der Waals surface area contributed by atoms with E-state index in [2.05, 4.69) is 60.2 Å². The average molecular weight is 416 g/mol. The molecule has 1 unspecified atom stereocenters. The lowest BCUT2D eigenvalue weighted by Gasteiger charge is -2.30. The lowest BCUT2D eigenvalue weighted by molar-refractivity contribution is -0.111. The van der Waals surface area contributed by atoms with E-state index in [0.29, 0.717) is 6.04 Å². The van der Waals surface area contributed by atoms with Gasteiger partial charge in [-0.25, -0.2) is 0 Å². The summed E-state index contributed by atoms with van der Waals surface area (Å²) in [7, 11) is 0. The normalized spacial score (nSPS) is 17.8. The molecule has 28 heavy (non-hydrogen) atoms. The van der Waals surface area contributed by atoms with Crippen LogP contribution in [0.2, 0.25) is 0 Å². The van der Waals surface area contributed by atoms with Crippen molar-refractivity contribution in [3.8, 4) is 0 Å². The van der Waals surface area contributed by atoms with Crippen LogP contribution in [0.25, 0.3) is 0 Å². The fourth-order valence-corrected chi connectivity index (χ4v) is 6.16. The molecule has 0 fully saturated rings. The largest absolute Gasteiger partial charge is 0.368 e. The first kappa shape index (κ1) is 21.0. The fraction of sp³-hybridized carbons (Fsp3) is 0.409. The minimum Gasteiger partial charge on any atom is -0.368 e. The number of carbonyl (C=O) groups is 1. The smallest absolute Gasteiger partial charge is 0.248 e. The van der Waals surface area contributed by atoms with Crippen LogP contribution in [-0.2, 0) is 17.8 Å². The molecule has 2 aliphatic heterocycles. The summed E-state index contributed by atoms with van der Waals surface area (Å²) in [5.74, 6) is -0.147. The molecule has 4 nitrogen and oxygen atoms in total. The lowest BCUT2D eigenvalue weighted by atomic mass is 10.0. The summed E-state index contributed by atoms with van der Waals surface area (Å²) in [6, 6.07) is 8.92. The summed E-state index contributed by atoms with van der Waals surface area (Å²) in [4.78, 5) is 17.1. The van der Waals surface area contributed by atoms with Crippen molar-refractivity contribution in [1.29, 1.82) is 0 Å². The van der Waals surface area contributed by atoms with Crippen LogP contribution >= 0.6 is 23.1 Å².